The van der Waals surface area contributed by atoms with E-state index in [0.717, 1.165) is 19.6 Å². The molecule has 1 unspecified atom stereocenters. The van der Waals surface area contributed by atoms with Crippen LogP contribution < -0.4 is 0 Å². The van der Waals surface area contributed by atoms with Crippen molar-refractivity contribution in [2.24, 2.45) is 0 Å². The van der Waals surface area contributed by atoms with Crippen molar-refractivity contribution in [2.45, 2.75) is 13.0 Å². The van der Waals surface area contributed by atoms with Crippen LogP contribution >= 0.6 is 15.9 Å². The highest BCUT2D eigenvalue weighted by atomic mass is 79.9. The van der Waals surface area contributed by atoms with E-state index in [0.29, 0.717) is 11.4 Å². The predicted octanol–water partition coefficient (Wildman–Crippen LogP) is 0.544. The summed E-state index contributed by atoms with van der Waals surface area (Å²) in [6, 6.07) is 0.355. The van der Waals surface area contributed by atoms with Crippen molar-refractivity contribution in [2.75, 3.05) is 32.0 Å². The molecule has 0 aromatic rings. The standard InChI is InChI=1S/C8H15BrN2O/c1-7-6-10(2)3-4-11(7)8(12)5-9/h7H,3-6H2,1-2H3. The van der Waals surface area contributed by atoms with Gasteiger partial charge in [-0.05, 0) is 14.0 Å². The van der Waals surface area contributed by atoms with Crippen molar-refractivity contribution in [3.63, 3.8) is 0 Å². The van der Waals surface area contributed by atoms with Gasteiger partial charge in [0.15, 0.2) is 0 Å². The second kappa shape index (κ2) is 4.23. The summed E-state index contributed by atoms with van der Waals surface area (Å²) in [5.41, 5.74) is 0. The van der Waals surface area contributed by atoms with Crippen molar-refractivity contribution in [3.05, 3.63) is 0 Å². The van der Waals surface area contributed by atoms with E-state index in [9.17, 15) is 4.79 Å². The second-order valence-corrected chi connectivity index (χ2v) is 3.89. The Bertz CT molecular complexity index is 174. The number of piperazine rings is 1. The smallest absolute Gasteiger partial charge is 0.233 e. The molecule has 3 nitrogen and oxygen atoms in total. The lowest BCUT2D eigenvalue weighted by Gasteiger charge is -2.37. The van der Waals surface area contributed by atoms with E-state index in [2.05, 4.69) is 34.8 Å². The predicted molar refractivity (Wildman–Crippen MR) is 52.5 cm³/mol. The fourth-order valence-electron chi connectivity index (χ4n) is 1.59. The highest BCUT2D eigenvalue weighted by molar-refractivity contribution is 9.09. The number of rotatable bonds is 1. The summed E-state index contributed by atoms with van der Waals surface area (Å²) in [4.78, 5) is 15.5. The first-order valence-electron chi connectivity index (χ1n) is 4.19. The van der Waals surface area contributed by atoms with Crippen LogP contribution in [0.15, 0.2) is 0 Å². The topological polar surface area (TPSA) is 23.6 Å². The van der Waals surface area contributed by atoms with Crippen LogP contribution in [0.5, 0.6) is 0 Å². The van der Waals surface area contributed by atoms with Gasteiger partial charge in [-0.25, -0.2) is 0 Å². The first kappa shape index (κ1) is 9.99. The Hall–Kier alpha value is -0.0900. The zero-order valence-electron chi connectivity index (χ0n) is 7.59. The molecule has 1 aliphatic heterocycles. The Morgan fingerprint density at radius 1 is 1.58 bits per heavy atom. The van der Waals surface area contributed by atoms with Gasteiger partial charge in [-0.1, -0.05) is 15.9 Å². The molecule has 4 heteroatoms. The van der Waals surface area contributed by atoms with Crippen LogP contribution in [-0.2, 0) is 4.79 Å². The Morgan fingerprint density at radius 2 is 2.25 bits per heavy atom. The van der Waals surface area contributed by atoms with Gasteiger partial charge in [0.2, 0.25) is 5.91 Å². The first-order chi connectivity index (χ1) is 5.65. The van der Waals surface area contributed by atoms with Crippen molar-refractivity contribution < 1.29 is 4.79 Å². The molecule has 0 bridgehead atoms. The maximum atomic E-state index is 11.3. The van der Waals surface area contributed by atoms with Gasteiger partial charge in [-0.2, -0.15) is 0 Å². The van der Waals surface area contributed by atoms with E-state index in [1.54, 1.807) is 0 Å². The SMILES string of the molecule is CC1CN(C)CCN1C(=O)CBr. The third-order valence-corrected chi connectivity index (χ3v) is 2.74. The van der Waals surface area contributed by atoms with Gasteiger partial charge in [0.05, 0.1) is 5.33 Å². The van der Waals surface area contributed by atoms with Gasteiger partial charge < -0.3 is 9.80 Å². The molecule has 0 N–H and O–H groups in total. The summed E-state index contributed by atoms with van der Waals surface area (Å²) in [5, 5.41) is 0.445. The van der Waals surface area contributed by atoms with Crippen LogP contribution in [-0.4, -0.2) is 53.8 Å². The number of carbonyl (C=O) groups excluding carboxylic acids is 1. The number of amides is 1. The zero-order chi connectivity index (χ0) is 9.14. The fourth-order valence-corrected chi connectivity index (χ4v) is 1.91. The molecule has 0 radical (unpaired) electrons. The van der Waals surface area contributed by atoms with Crippen LogP contribution in [0, 0.1) is 0 Å². The van der Waals surface area contributed by atoms with E-state index in [-0.39, 0.29) is 5.91 Å². The van der Waals surface area contributed by atoms with Crippen LogP contribution in [0.1, 0.15) is 6.92 Å². The van der Waals surface area contributed by atoms with E-state index in [4.69, 9.17) is 0 Å². The van der Waals surface area contributed by atoms with E-state index in [1.807, 2.05) is 4.90 Å². The summed E-state index contributed by atoms with van der Waals surface area (Å²) in [5.74, 6) is 0.204. The molecular formula is C8H15BrN2O. The van der Waals surface area contributed by atoms with Gasteiger partial charge in [0.1, 0.15) is 0 Å². The highest BCUT2D eigenvalue weighted by Crippen LogP contribution is 2.08. The van der Waals surface area contributed by atoms with Gasteiger partial charge >= 0.3 is 0 Å². The van der Waals surface area contributed by atoms with Crippen LogP contribution in [0.3, 0.4) is 0 Å². The van der Waals surface area contributed by atoms with E-state index < -0.39 is 0 Å². The molecule has 0 saturated carbocycles. The molecule has 1 amide bonds. The molecule has 1 rings (SSSR count). The van der Waals surface area contributed by atoms with Crippen molar-refractivity contribution in [3.8, 4) is 0 Å². The average Bonchev–Trinajstić information content (AvgIpc) is 2.03. The molecule has 0 aromatic heterocycles. The maximum Gasteiger partial charge on any atom is 0.233 e. The van der Waals surface area contributed by atoms with Gasteiger partial charge in [-0.15, -0.1) is 0 Å². The number of halogens is 1. The lowest BCUT2D eigenvalue weighted by Crippen LogP contribution is -2.53. The number of carbonyl (C=O) groups is 1. The van der Waals surface area contributed by atoms with Gasteiger partial charge in [0.25, 0.3) is 0 Å². The normalized spacial score (nSPS) is 25.9. The Balaban J connectivity index is 2.50. The number of hydrogen-bond acceptors (Lipinski definition) is 2. The first-order valence-corrected chi connectivity index (χ1v) is 5.31. The average molecular weight is 235 g/mol. The summed E-state index contributed by atoms with van der Waals surface area (Å²) < 4.78 is 0. The number of alkyl halides is 1. The molecule has 0 aromatic carbocycles. The minimum absolute atomic E-state index is 0.204. The molecule has 1 fully saturated rings. The van der Waals surface area contributed by atoms with Gasteiger partial charge in [-0.3, -0.25) is 4.79 Å². The van der Waals surface area contributed by atoms with Crippen molar-refractivity contribution in [1.82, 2.24) is 9.80 Å². The molecule has 1 atom stereocenters. The monoisotopic (exact) mass is 234 g/mol. The van der Waals surface area contributed by atoms with Crippen LogP contribution in [0.2, 0.25) is 0 Å². The van der Waals surface area contributed by atoms with Crippen LogP contribution in [0.25, 0.3) is 0 Å². The summed E-state index contributed by atoms with van der Waals surface area (Å²) in [6.07, 6.45) is 0. The minimum atomic E-state index is 0.204. The summed E-state index contributed by atoms with van der Waals surface area (Å²) in [6.45, 7) is 4.93. The van der Waals surface area contributed by atoms with Gasteiger partial charge in [0, 0.05) is 25.7 Å². The Kier molecular flexibility index (Phi) is 3.53. The minimum Gasteiger partial charge on any atom is -0.337 e. The largest absolute Gasteiger partial charge is 0.337 e. The molecule has 1 aliphatic rings. The molecule has 70 valence electrons. The third kappa shape index (κ3) is 2.20. The number of likely N-dealkylation sites (N-methyl/N-ethyl adjacent to an activating group) is 1. The molecule has 1 heterocycles. The summed E-state index contributed by atoms with van der Waals surface area (Å²) >= 11 is 3.19. The third-order valence-electron chi connectivity index (χ3n) is 2.27. The second-order valence-electron chi connectivity index (χ2n) is 3.33. The van der Waals surface area contributed by atoms with Crippen molar-refractivity contribution in [1.29, 1.82) is 0 Å². The number of nitrogens with zero attached hydrogens (tertiary/aromatic N) is 2. The molecule has 0 spiro atoms. The quantitative estimate of drug-likeness (QED) is 0.619. The fraction of sp³-hybridized carbons (Fsp3) is 0.875. The Morgan fingerprint density at radius 3 is 2.75 bits per heavy atom. The molecule has 12 heavy (non-hydrogen) atoms. The molecular weight excluding hydrogens is 220 g/mol. The molecule has 0 aliphatic carbocycles. The van der Waals surface area contributed by atoms with Crippen LogP contribution in [0.4, 0.5) is 0 Å². The lowest BCUT2D eigenvalue weighted by molar-refractivity contribution is -0.132. The Labute approximate surface area is 81.8 Å². The van der Waals surface area contributed by atoms with Crippen molar-refractivity contribution >= 4 is 21.8 Å². The zero-order valence-corrected chi connectivity index (χ0v) is 9.17. The number of hydrogen-bond donors (Lipinski definition) is 0. The molecule has 1 saturated heterocycles. The summed E-state index contributed by atoms with van der Waals surface area (Å²) in [7, 11) is 2.09. The highest BCUT2D eigenvalue weighted by Gasteiger charge is 2.24. The lowest BCUT2D eigenvalue weighted by atomic mass is 10.2. The maximum absolute atomic E-state index is 11.3. The van der Waals surface area contributed by atoms with E-state index >= 15 is 0 Å². The van der Waals surface area contributed by atoms with E-state index in [1.165, 1.54) is 0 Å².